The van der Waals surface area contributed by atoms with Crippen LogP contribution >= 0.6 is 0 Å². The zero-order valence-corrected chi connectivity index (χ0v) is 16.1. The van der Waals surface area contributed by atoms with Crippen molar-refractivity contribution >= 4 is 38.8 Å². The summed E-state index contributed by atoms with van der Waals surface area (Å²) in [7, 11) is -3.85. The molecule has 12 heteroatoms. The predicted octanol–water partition coefficient (Wildman–Crippen LogP) is 1.23. The lowest BCUT2D eigenvalue weighted by molar-refractivity contribution is -0.136. The number of nitrogens with two attached hydrogens (primary N) is 1. The highest BCUT2D eigenvalue weighted by Gasteiger charge is 2.13. The Morgan fingerprint density at radius 2 is 1.97 bits per heavy atom. The lowest BCUT2D eigenvalue weighted by Gasteiger charge is -2.07. The Bertz CT molecular complexity index is 1370. The number of aromatic nitrogens is 5. The molecule has 0 bridgehead atoms. The zero-order valence-electron chi connectivity index (χ0n) is 15.3. The molecule has 152 valence electrons. The fourth-order valence-corrected chi connectivity index (χ4v) is 3.37. The van der Waals surface area contributed by atoms with E-state index in [-0.39, 0.29) is 17.3 Å². The standard InChI is InChI=1S/C18H15N7O4S/c19-30(28,29)14-6-2-4-12(9-14)21-18-20-10-15-17(22-18)25(24-23-15)13-5-1-3-11(7-13)8-16(26)27/h1-7,9-10H,8H2,(H,26,27)(H2,19,28,29)(H,20,21,22). The van der Waals surface area contributed by atoms with Crippen LogP contribution in [0.5, 0.6) is 0 Å². The number of sulfonamides is 1. The van der Waals surface area contributed by atoms with Gasteiger partial charge in [-0.3, -0.25) is 4.79 Å². The molecule has 0 aliphatic carbocycles. The van der Waals surface area contributed by atoms with Crippen molar-refractivity contribution in [1.82, 2.24) is 25.0 Å². The van der Waals surface area contributed by atoms with Gasteiger partial charge in [0, 0.05) is 5.69 Å². The van der Waals surface area contributed by atoms with Gasteiger partial charge in [0.15, 0.2) is 11.2 Å². The Morgan fingerprint density at radius 3 is 2.73 bits per heavy atom. The molecule has 0 atom stereocenters. The lowest BCUT2D eigenvalue weighted by atomic mass is 10.1. The molecule has 0 fully saturated rings. The van der Waals surface area contributed by atoms with E-state index in [1.165, 1.54) is 23.0 Å². The van der Waals surface area contributed by atoms with Crippen LogP contribution in [0.1, 0.15) is 5.56 Å². The van der Waals surface area contributed by atoms with Crippen LogP contribution in [0.25, 0.3) is 16.9 Å². The van der Waals surface area contributed by atoms with Crippen molar-refractivity contribution in [2.24, 2.45) is 5.14 Å². The first-order chi connectivity index (χ1) is 14.3. The molecule has 0 saturated heterocycles. The third-order valence-corrected chi connectivity index (χ3v) is 5.03. The molecule has 30 heavy (non-hydrogen) atoms. The first kappa shape index (κ1) is 19.4. The quantitative estimate of drug-likeness (QED) is 0.412. The van der Waals surface area contributed by atoms with Gasteiger partial charge in [-0.1, -0.05) is 23.4 Å². The summed E-state index contributed by atoms with van der Waals surface area (Å²) in [5, 5.41) is 25.2. The molecule has 0 radical (unpaired) electrons. The van der Waals surface area contributed by atoms with Crippen LogP contribution in [0.15, 0.2) is 59.6 Å². The normalized spacial score (nSPS) is 11.5. The van der Waals surface area contributed by atoms with Crippen LogP contribution < -0.4 is 10.5 Å². The number of anilines is 2. The molecule has 2 aromatic carbocycles. The summed E-state index contributed by atoms with van der Waals surface area (Å²) in [5.41, 5.74) is 2.46. The summed E-state index contributed by atoms with van der Waals surface area (Å²) in [4.78, 5) is 19.5. The molecule has 0 spiro atoms. The first-order valence-corrected chi connectivity index (χ1v) is 10.1. The smallest absolute Gasteiger partial charge is 0.307 e. The van der Waals surface area contributed by atoms with E-state index >= 15 is 0 Å². The number of carbonyl (C=O) groups is 1. The highest BCUT2D eigenvalue weighted by Crippen LogP contribution is 2.20. The van der Waals surface area contributed by atoms with E-state index in [1.54, 1.807) is 36.4 Å². The van der Waals surface area contributed by atoms with Gasteiger partial charge in [0.25, 0.3) is 0 Å². The molecule has 0 saturated carbocycles. The van der Waals surface area contributed by atoms with Crippen molar-refractivity contribution in [2.45, 2.75) is 11.3 Å². The van der Waals surface area contributed by atoms with Crippen LogP contribution in [0.3, 0.4) is 0 Å². The third kappa shape index (κ3) is 4.09. The van der Waals surface area contributed by atoms with Gasteiger partial charge in [-0.25, -0.2) is 18.5 Å². The average Bonchev–Trinajstić information content (AvgIpc) is 3.10. The molecule has 0 aliphatic heterocycles. The largest absolute Gasteiger partial charge is 0.481 e. The number of aliphatic carboxylic acids is 1. The Balaban J connectivity index is 1.70. The fraction of sp³-hybridized carbons (Fsp3) is 0.0556. The van der Waals surface area contributed by atoms with Gasteiger partial charge in [-0.05, 0) is 35.9 Å². The monoisotopic (exact) mass is 425 g/mol. The average molecular weight is 425 g/mol. The molecular weight excluding hydrogens is 410 g/mol. The molecule has 0 amide bonds. The second-order valence-electron chi connectivity index (χ2n) is 6.34. The molecule has 4 aromatic rings. The van der Waals surface area contributed by atoms with Gasteiger partial charge in [0.2, 0.25) is 16.0 Å². The second kappa shape index (κ2) is 7.50. The number of hydrogen-bond acceptors (Lipinski definition) is 8. The summed E-state index contributed by atoms with van der Waals surface area (Å²) in [6, 6.07) is 12.8. The summed E-state index contributed by atoms with van der Waals surface area (Å²) >= 11 is 0. The van der Waals surface area contributed by atoms with Crippen molar-refractivity contribution in [3.05, 3.63) is 60.3 Å². The van der Waals surface area contributed by atoms with Gasteiger partial charge in [-0.2, -0.15) is 9.67 Å². The second-order valence-corrected chi connectivity index (χ2v) is 7.90. The van der Waals surface area contributed by atoms with Crippen LogP contribution in [-0.4, -0.2) is 44.5 Å². The third-order valence-electron chi connectivity index (χ3n) is 4.12. The number of fused-ring (bicyclic) bond motifs is 1. The summed E-state index contributed by atoms with van der Waals surface area (Å²) < 4.78 is 24.5. The number of benzene rings is 2. The maximum atomic E-state index is 11.5. The molecular formula is C18H15N7O4S. The minimum Gasteiger partial charge on any atom is -0.481 e. The summed E-state index contributed by atoms with van der Waals surface area (Å²) in [6.45, 7) is 0. The number of hydrogen-bond donors (Lipinski definition) is 3. The van der Waals surface area contributed by atoms with Crippen molar-refractivity contribution in [3.8, 4) is 5.69 Å². The molecule has 2 aromatic heterocycles. The van der Waals surface area contributed by atoms with E-state index in [1.807, 2.05) is 0 Å². The molecule has 0 aliphatic rings. The van der Waals surface area contributed by atoms with Crippen LogP contribution in [0, 0.1) is 0 Å². The Kier molecular flexibility index (Phi) is 4.85. The summed E-state index contributed by atoms with van der Waals surface area (Å²) in [6.07, 6.45) is 1.35. The number of primary sulfonamides is 1. The summed E-state index contributed by atoms with van der Waals surface area (Å²) in [5.74, 6) is -0.745. The lowest BCUT2D eigenvalue weighted by Crippen LogP contribution is -2.12. The van der Waals surface area contributed by atoms with Crippen LogP contribution in [0.4, 0.5) is 11.6 Å². The first-order valence-electron chi connectivity index (χ1n) is 8.59. The van der Waals surface area contributed by atoms with Gasteiger partial charge < -0.3 is 10.4 Å². The van der Waals surface area contributed by atoms with Gasteiger partial charge >= 0.3 is 5.97 Å². The minimum atomic E-state index is -3.85. The molecule has 2 heterocycles. The number of carboxylic acids is 1. The van der Waals surface area contributed by atoms with Crippen molar-refractivity contribution < 1.29 is 18.3 Å². The van der Waals surface area contributed by atoms with Crippen molar-refractivity contribution in [2.75, 3.05) is 5.32 Å². The predicted molar refractivity (Wildman–Crippen MR) is 107 cm³/mol. The Hall–Kier alpha value is -3.90. The van der Waals surface area contributed by atoms with Gasteiger partial charge in [-0.15, -0.1) is 5.10 Å². The van der Waals surface area contributed by atoms with E-state index in [4.69, 9.17) is 10.2 Å². The zero-order chi connectivity index (χ0) is 21.3. The fourth-order valence-electron chi connectivity index (χ4n) is 2.82. The van der Waals surface area contributed by atoms with Gasteiger partial charge in [0.05, 0.1) is 23.2 Å². The molecule has 11 nitrogen and oxygen atoms in total. The topological polar surface area (TPSA) is 166 Å². The highest BCUT2D eigenvalue weighted by atomic mass is 32.2. The Labute approximate surface area is 170 Å². The number of carboxylic acid groups (broad SMARTS) is 1. The number of nitrogens with one attached hydrogen (secondary N) is 1. The molecule has 0 unspecified atom stereocenters. The van der Waals surface area contributed by atoms with Crippen molar-refractivity contribution in [1.29, 1.82) is 0 Å². The highest BCUT2D eigenvalue weighted by molar-refractivity contribution is 7.89. The van der Waals surface area contributed by atoms with E-state index in [0.29, 0.717) is 28.1 Å². The molecule has 4 N–H and O–H groups in total. The van der Waals surface area contributed by atoms with Gasteiger partial charge in [0.1, 0.15) is 0 Å². The number of rotatable bonds is 6. The van der Waals surface area contributed by atoms with Crippen LogP contribution in [0.2, 0.25) is 0 Å². The minimum absolute atomic E-state index is 0.0458. The molecule has 4 rings (SSSR count). The van der Waals surface area contributed by atoms with E-state index in [9.17, 15) is 13.2 Å². The van der Waals surface area contributed by atoms with E-state index < -0.39 is 16.0 Å². The Morgan fingerprint density at radius 1 is 1.17 bits per heavy atom. The van der Waals surface area contributed by atoms with Crippen molar-refractivity contribution in [3.63, 3.8) is 0 Å². The van der Waals surface area contributed by atoms with E-state index in [0.717, 1.165) is 0 Å². The number of nitrogens with zero attached hydrogens (tertiary/aromatic N) is 5. The maximum Gasteiger partial charge on any atom is 0.307 e. The van der Waals surface area contributed by atoms with E-state index in [2.05, 4.69) is 25.6 Å². The van der Waals surface area contributed by atoms with Crippen LogP contribution in [-0.2, 0) is 21.2 Å². The maximum absolute atomic E-state index is 11.5. The SMILES string of the molecule is NS(=O)(=O)c1cccc(Nc2ncc3nnn(-c4cccc(CC(=O)O)c4)c3n2)c1.